The van der Waals surface area contributed by atoms with E-state index in [1.165, 1.54) is 22.3 Å². The molecule has 0 aliphatic heterocycles. The SMILES string of the molecule is Cc1sc(NC(=O)Cn2cnc(N)n2)c(C#N)c1C. The summed E-state index contributed by atoms with van der Waals surface area (Å²) < 4.78 is 1.34. The van der Waals surface area contributed by atoms with E-state index in [9.17, 15) is 4.79 Å². The van der Waals surface area contributed by atoms with Crippen LogP contribution in [0.3, 0.4) is 0 Å². The van der Waals surface area contributed by atoms with E-state index in [1.54, 1.807) is 0 Å². The fourth-order valence-electron chi connectivity index (χ4n) is 1.55. The highest BCUT2D eigenvalue weighted by Crippen LogP contribution is 2.31. The Morgan fingerprint density at radius 2 is 2.37 bits per heavy atom. The number of nitrogens with one attached hydrogen (secondary N) is 1. The van der Waals surface area contributed by atoms with Crippen LogP contribution in [0.1, 0.15) is 16.0 Å². The van der Waals surface area contributed by atoms with Gasteiger partial charge in [-0.3, -0.25) is 4.79 Å². The van der Waals surface area contributed by atoms with Crippen LogP contribution >= 0.6 is 11.3 Å². The Bertz CT molecular complexity index is 665. The molecule has 2 aromatic rings. The number of carbonyl (C=O) groups excluding carboxylic acids is 1. The van der Waals surface area contributed by atoms with Crippen LogP contribution in [-0.4, -0.2) is 20.7 Å². The zero-order valence-corrected chi connectivity index (χ0v) is 11.3. The van der Waals surface area contributed by atoms with Gasteiger partial charge < -0.3 is 11.1 Å². The molecule has 1 amide bonds. The summed E-state index contributed by atoms with van der Waals surface area (Å²) in [5.74, 6) is -0.157. The maximum Gasteiger partial charge on any atom is 0.246 e. The number of hydrogen-bond donors (Lipinski definition) is 2. The van der Waals surface area contributed by atoms with Crippen molar-refractivity contribution in [2.45, 2.75) is 20.4 Å². The number of aromatic nitrogens is 3. The zero-order chi connectivity index (χ0) is 14.0. The summed E-state index contributed by atoms with van der Waals surface area (Å²) in [6, 6.07) is 2.10. The molecule has 0 radical (unpaired) electrons. The minimum Gasteiger partial charge on any atom is -0.367 e. The van der Waals surface area contributed by atoms with Gasteiger partial charge in [-0.05, 0) is 19.4 Å². The van der Waals surface area contributed by atoms with Crippen molar-refractivity contribution < 1.29 is 4.79 Å². The van der Waals surface area contributed by atoms with Gasteiger partial charge in [0.2, 0.25) is 11.9 Å². The van der Waals surface area contributed by atoms with Gasteiger partial charge in [0.05, 0.1) is 5.56 Å². The van der Waals surface area contributed by atoms with Crippen LogP contribution < -0.4 is 11.1 Å². The lowest BCUT2D eigenvalue weighted by molar-refractivity contribution is -0.116. The van der Waals surface area contributed by atoms with Crippen molar-refractivity contribution in [1.82, 2.24) is 14.8 Å². The van der Waals surface area contributed by atoms with Crippen LogP contribution in [-0.2, 0) is 11.3 Å². The van der Waals surface area contributed by atoms with E-state index in [0.717, 1.165) is 10.4 Å². The number of rotatable bonds is 3. The molecule has 0 spiro atoms. The van der Waals surface area contributed by atoms with Gasteiger partial charge in [-0.2, -0.15) is 5.26 Å². The summed E-state index contributed by atoms with van der Waals surface area (Å²) >= 11 is 1.39. The van der Waals surface area contributed by atoms with Crippen molar-refractivity contribution in [1.29, 1.82) is 5.26 Å². The Hall–Kier alpha value is -2.40. The number of thiophene rings is 1. The molecular formula is C11H12N6OS. The minimum absolute atomic E-state index is 0.00502. The van der Waals surface area contributed by atoms with Gasteiger partial charge in [-0.25, -0.2) is 9.67 Å². The molecule has 2 heterocycles. The van der Waals surface area contributed by atoms with Crippen LogP contribution in [0.4, 0.5) is 10.9 Å². The molecule has 19 heavy (non-hydrogen) atoms. The topological polar surface area (TPSA) is 110 Å². The molecule has 2 aromatic heterocycles. The van der Waals surface area contributed by atoms with Gasteiger partial charge in [0.25, 0.3) is 0 Å². The average Bonchev–Trinajstić information content (AvgIpc) is 2.85. The first-order valence-corrected chi connectivity index (χ1v) is 6.27. The second-order valence-corrected chi connectivity index (χ2v) is 5.17. The van der Waals surface area contributed by atoms with E-state index in [2.05, 4.69) is 21.5 Å². The van der Waals surface area contributed by atoms with E-state index in [-0.39, 0.29) is 18.4 Å². The Morgan fingerprint density at radius 3 is 2.95 bits per heavy atom. The number of amides is 1. The standard InChI is InChI=1S/C11H12N6OS/c1-6-7(2)19-10(8(6)3-12)15-9(18)4-17-5-14-11(13)16-17/h5H,4H2,1-2H3,(H2,13,16)(H,15,18). The Balaban J connectivity index is 2.11. The Labute approximate surface area is 113 Å². The highest BCUT2D eigenvalue weighted by atomic mass is 32.1. The third-order valence-corrected chi connectivity index (χ3v) is 3.73. The number of nitrogens with two attached hydrogens (primary N) is 1. The molecule has 0 atom stereocenters. The quantitative estimate of drug-likeness (QED) is 0.870. The predicted octanol–water partition coefficient (Wildman–Crippen LogP) is 1.05. The van der Waals surface area contributed by atoms with Crippen molar-refractivity contribution in [3.05, 3.63) is 22.3 Å². The first-order valence-electron chi connectivity index (χ1n) is 5.46. The van der Waals surface area contributed by atoms with Crippen LogP contribution in [0.25, 0.3) is 0 Å². The molecule has 7 nitrogen and oxygen atoms in total. The lowest BCUT2D eigenvalue weighted by Crippen LogP contribution is -2.19. The first kappa shape index (κ1) is 13.0. The molecule has 98 valence electrons. The Morgan fingerprint density at radius 1 is 1.63 bits per heavy atom. The average molecular weight is 276 g/mol. The first-order chi connectivity index (χ1) is 9.01. The maximum atomic E-state index is 11.8. The monoisotopic (exact) mass is 276 g/mol. The van der Waals surface area contributed by atoms with Gasteiger partial charge in [0, 0.05) is 4.88 Å². The van der Waals surface area contributed by atoms with Crippen molar-refractivity contribution in [3.8, 4) is 6.07 Å². The molecule has 0 saturated heterocycles. The van der Waals surface area contributed by atoms with Crippen molar-refractivity contribution in [2.24, 2.45) is 0 Å². The van der Waals surface area contributed by atoms with Crippen LogP contribution in [0.5, 0.6) is 0 Å². The lowest BCUT2D eigenvalue weighted by Gasteiger charge is -2.02. The fraction of sp³-hybridized carbons (Fsp3) is 0.273. The van der Waals surface area contributed by atoms with Gasteiger partial charge in [-0.15, -0.1) is 16.4 Å². The second kappa shape index (κ2) is 5.07. The van der Waals surface area contributed by atoms with E-state index in [1.807, 2.05) is 13.8 Å². The van der Waals surface area contributed by atoms with E-state index < -0.39 is 0 Å². The smallest absolute Gasteiger partial charge is 0.246 e. The summed E-state index contributed by atoms with van der Waals surface area (Å²) in [7, 11) is 0. The van der Waals surface area contributed by atoms with Crippen molar-refractivity contribution >= 4 is 28.2 Å². The summed E-state index contributed by atoms with van der Waals surface area (Å²) in [6.07, 6.45) is 1.38. The third kappa shape index (κ3) is 2.71. The molecular weight excluding hydrogens is 264 g/mol. The molecule has 0 saturated carbocycles. The van der Waals surface area contributed by atoms with Gasteiger partial charge in [0.1, 0.15) is 23.9 Å². The van der Waals surface area contributed by atoms with E-state index in [4.69, 9.17) is 11.0 Å². The molecule has 0 aliphatic rings. The minimum atomic E-state index is -0.275. The van der Waals surface area contributed by atoms with Crippen LogP contribution in [0.15, 0.2) is 6.33 Å². The molecule has 3 N–H and O–H groups in total. The number of aryl methyl sites for hydroxylation is 1. The number of anilines is 2. The van der Waals surface area contributed by atoms with Crippen LogP contribution in [0, 0.1) is 25.2 Å². The Kier molecular flexibility index (Phi) is 3.48. The molecule has 0 bridgehead atoms. The third-order valence-electron chi connectivity index (χ3n) is 2.61. The fourth-order valence-corrected chi connectivity index (χ4v) is 2.58. The molecule has 0 unspecified atom stereocenters. The van der Waals surface area contributed by atoms with Gasteiger partial charge in [-0.1, -0.05) is 0 Å². The molecule has 2 rings (SSSR count). The largest absolute Gasteiger partial charge is 0.367 e. The molecule has 8 heteroatoms. The highest BCUT2D eigenvalue weighted by molar-refractivity contribution is 7.16. The normalized spacial score (nSPS) is 10.2. The lowest BCUT2D eigenvalue weighted by atomic mass is 10.2. The van der Waals surface area contributed by atoms with Gasteiger partial charge in [0.15, 0.2) is 0 Å². The predicted molar refractivity (Wildman–Crippen MR) is 71.6 cm³/mol. The van der Waals surface area contributed by atoms with E-state index >= 15 is 0 Å². The second-order valence-electron chi connectivity index (χ2n) is 3.95. The summed E-state index contributed by atoms with van der Waals surface area (Å²) in [5, 5.41) is 16.2. The summed E-state index contributed by atoms with van der Waals surface area (Å²) in [4.78, 5) is 16.6. The number of nitriles is 1. The number of carbonyl (C=O) groups is 1. The molecule has 0 fully saturated rings. The number of hydrogen-bond acceptors (Lipinski definition) is 6. The zero-order valence-electron chi connectivity index (χ0n) is 10.5. The van der Waals surface area contributed by atoms with Crippen molar-refractivity contribution in [2.75, 3.05) is 11.1 Å². The molecule has 0 aliphatic carbocycles. The highest BCUT2D eigenvalue weighted by Gasteiger charge is 2.15. The summed E-state index contributed by atoms with van der Waals surface area (Å²) in [5.41, 5.74) is 6.76. The van der Waals surface area contributed by atoms with E-state index in [0.29, 0.717) is 10.6 Å². The maximum absolute atomic E-state index is 11.8. The van der Waals surface area contributed by atoms with Gasteiger partial charge >= 0.3 is 0 Å². The number of nitrogens with zero attached hydrogens (tertiary/aromatic N) is 4. The summed E-state index contributed by atoms with van der Waals surface area (Å²) in [6.45, 7) is 3.78. The van der Waals surface area contributed by atoms with Crippen molar-refractivity contribution in [3.63, 3.8) is 0 Å². The number of nitrogen functional groups attached to an aromatic ring is 1. The van der Waals surface area contributed by atoms with Crippen LogP contribution in [0.2, 0.25) is 0 Å². The molecule has 0 aromatic carbocycles.